The standard InChI is InChI=1S/C46H32N2/c1-3-14-33(15-4-1)38-21-9-11-24-44(38)48-45-25-12-10-22-39(45)41-31-36(27-29-46(41)48)35-26-28-43(40(30-35)34-16-5-2-6-17-34)47-42-23-13-19-32-18-7-8-20-37(32)42/h1-31,47H. The van der Waals surface area contributed by atoms with E-state index in [0.717, 1.165) is 11.4 Å². The predicted octanol–water partition coefficient (Wildman–Crippen LogP) is 12.7. The summed E-state index contributed by atoms with van der Waals surface area (Å²) in [5.41, 5.74) is 12.9. The molecule has 0 bridgehead atoms. The molecule has 0 radical (unpaired) electrons. The van der Waals surface area contributed by atoms with E-state index in [-0.39, 0.29) is 0 Å². The molecule has 0 aliphatic carbocycles. The Labute approximate surface area is 280 Å². The number of hydrogen-bond donors (Lipinski definition) is 1. The van der Waals surface area contributed by atoms with Crippen LogP contribution in [0.15, 0.2) is 188 Å². The second kappa shape index (κ2) is 11.8. The van der Waals surface area contributed by atoms with Crippen LogP contribution >= 0.6 is 0 Å². The molecule has 2 nitrogen and oxygen atoms in total. The maximum atomic E-state index is 3.78. The second-order valence-corrected chi connectivity index (χ2v) is 12.2. The molecular formula is C46H32N2. The van der Waals surface area contributed by atoms with Crippen LogP contribution in [-0.2, 0) is 0 Å². The Morgan fingerprint density at radius 1 is 0.333 bits per heavy atom. The number of nitrogens with zero attached hydrogens (tertiary/aromatic N) is 1. The number of para-hydroxylation sites is 2. The molecule has 0 spiro atoms. The molecule has 226 valence electrons. The van der Waals surface area contributed by atoms with Crippen molar-refractivity contribution >= 4 is 44.0 Å². The van der Waals surface area contributed by atoms with E-state index in [1.165, 1.54) is 71.6 Å². The molecule has 1 N–H and O–H groups in total. The molecule has 0 atom stereocenters. The maximum absolute atomic E-state index is 3.78. The molecular weight excluding hydrogens is 581 g/mol. The van der Waals surface area contributed by atoms with Gasteiger partial charge in [-0.2, -0.15) is 0 Å². The van der Waals surface area contributed by atoms with Crippen LogP contribution in [0.5, 0.6) is 0 Å². The molecule has 2 heteroatoms. The van der Waals surface area contributed by atoms with Gasteiger partial charge < -0.3 is 9.88 Å². The normalized spacial score (nSPS) is 11.3. The highest BCUT2D eigenvalue weighted by molar-refractivity contribution is 6.11. The first-order valence-corrected chi connectivity index (χ1v) is 16.4. The number of anilines is 2. The fourth-order valence-electron chi connectivity index (χ4n) is 7.11. The topological polar surface area (TPSA) is 17.0 Å². The van der Waals surface area contributed by atoms with Crippen molar-refractivity contribution in [3.05, 3.63) is 188 Å². The number of aromatic nitrogens is 1. The van der Waals surface area contributed by atoms with E-state index in [0.29, 0.717) is 0 Å². The molecule has 0 amide bonds. The van der Waals surface area contributed by atoms with Gasteiger partial charge in [0.2, 0.25) is 0 Å². The third-order valence-electron chi connectivity index (χ3n) is 9.40. The number of fused-ring (bicyclic) bond motifs is 4. The Morgan fingerprint density at radius 2 is 0.938 bits per heavy atom. The van der Waals surface area contributed by atoms with Gasteiger partial charge in [0.1, 0.15) is 0 Å². The first-order valence-electron chi connectivity index (χ1n) is 16.4. The highest BCUT2D eigenvalue weighted by Crippen LogP contribution is 2.40. The minimum absolute atomic E-state index is 1.08. The molecule has 0 aliphatic rings. The van der Waals surface area contributed by atoms with Crippen molar-refractivity contribution in [1.82, 2.24) is 4.57 Å². The minimum Gasteiger partial charge on any atom is -0.355 e. The quantitative estimate of drug-likeness (QED) is 0.198. The van der Waals surface area contributed by atoms with Gasteiger partial charge in [-0.15, -0.1) is 0 Å². The van der Waals surface area contributed by atoms with Gasteiger partial charge in [0.15, 0.2) is 0 Å². The summed E-state index contributed by atoms with van der Waals surface area (Å²) < 4.78 is 2.42. The van der Waals surface area contributed by atoms with Crippen molar-refractivity contribution in [2.45, 2.75) is 0 Å². The van der Waals surface area contributed by atoms with Gasteiger partial charge in [0.05, 0.1) is 16.7 Å². The van der Waals surface area contributed by atoms with Crippen molar-refractivity contribution in [2.75, 3.05) is 5.32 Å². The van der Waals surface area contributed by atoms with E-state index in [4.69, 9.17) is 0 Å². The van der Waals surface area contributed by atoms with Crippen molar-refractivity contribution in [3.8, 4) is 39.1 Å². The van der Waals surface area contributed by atoms with E-state index in [1.54, 1.807) is 0 Å². The zero-order chi connectivity index (χ0) is 31.9. The van der Waals surface area contributed by atoms with E-state index < -0.39 is 0 Å². The molecule has 48 heavy (non-hydrogen) atoms. The smallest absolute Gasteiger partial charge is 0.0541 e. The van der Waals surface area contributed by atoms with Crippen LogP contribution in [0.3, 0.4) is 0 Å². The number of hydrogen-bond acceptors (Lipinski definition) is 1. The van der Waals surface area contributed by atoms with Gasteiger partial charge in [-0.1, -0.05) is 146 Å². The van der Waals surface area contributed by atoms with Gasteiger partial charge >= 0.3 is 0 Å². The first-order chi connectivity index (χ1) is 23.8. The predicted molar refractivity (Wildman–Crippen MR) is 204 cm³/mol. The van der Waals surface area contributed by atoms with E-state index in [2.05, 4.69) is 198 Å². The summed E-state index contributed by atoms with van der Waals surface area (Å²) in [6, 6.07) is 67.5. The zero-order valence-electron chi connectivity index (χ0n) is 26.3. The molecule has 9 rings (SSSR count). The first kappa shape index (κ1) is 27.9. The molecule has 0 unspecified atom stereocenters. The Bertz CT molecular complexity index is 2570. The summed E-state index contributed by atoms with van der Waals surface area (Å²) >= 11 is 0. The summed E-state index contributed by atoms with van der Waals surface area (Å²) in [7, 11) is 0. The van der Waals surface area contributed by atoms with Crippen molar-refractivity contribution in [1.29, 1.82) is 0 Å². The van der Waals surface area contributed by atoms with Crippen LogP contribution in [0, 0.1) is 0 Å². The summed E-state index contributed by atoms with van der Waals surface area (Å²) in [5.74, 6) is 0. The van der Waals surface area contributed by atoms with Gasteiger partial charge in [-0.25, -0.2) is 0 Å². The van der Waals surface area contributed by atoms with Crippen molar-refractivity contribution in [3.63, 3.8) is 0 Å². The fourth-order valence-corrected chi connectivity index (χ4v) is 7.11. The average molecular weight is 613 g/mol. The maximum Gasteiger partial charge on any atom is 0.0541 e. The van der Waals surface area contributed by atoms with Gasteiger partial charge in [0, 0.05) is 38.7 Å². The van der Waals surface area contributed by atoms with Crippen LogP contribution in [0.25, 0.3) is 71.6 Å². The summed E-state index contributed by atoms with van der Waals surface area (Å²) in [6.45, 7) is 0. The molecule has 1 heterocycles. The minimum atomic E-state index is 1.08. The molecule has 0 saturated carbocycles. The summed E-state index contributed by atoms with van der Waals surface area (Å²) in [6.07, 6.45) is 0. The van der Waals surface area contributed by atoms with Crippen molar-refractivity contribution in [2.24, 2.45) is 0 Å². The van der Waals surface area contributed by atoms with Gasteiger partial charge in [0.25, 0.3) is 0 Å². The molecule has 9 aromatic rings. The summed E-state index contributed by atoms with van der Waals surface area (Å²) in [5, 5.41) is 8.70. The number of nitrogens with one attached hydrogen (secondary N) is 1. The number of benzene rings is 8. The summed E-state index contributed by atoms with van der Waals surface area (Å²) in [4.78, 5) is 0. The van der Waals surface area contributed by atoms with Crippen LogP contribution < -0.4 is 5.32 Å². The third-order valence-corrected chi connectivity index (χ3v) is 9.40. The second-order valence-electron chi connectivity index (χ2n) is 12.2. The van der Waals surface area contributed by atoms with Crippen LogP contribution in [0.2, 0.25) is 0 Å². The lowest BCUT2D eigenvalue weighted by molar-refractivity contribution is 1.18. The van der Waals surface area contributed by atoms with Crippen molar-refractivity contribution < 1.29 is 0 Å². The Hall–Kier alpha value is -6.38. The molecule has 1 aromatic heterocycles. The van der Waals surface area contributed by atoms with Crippen LogP contribution in [-0.4, -0.2) is 4.57 Å². The largest absolute Gasteiger partial charge is 0.355 e. The van der Waals surface area contributed by atoms with Crippen LogP contribution in [0.1, 0.15) is 0 Å². The lowest BCUT2D eigenvalue weighted by Crippen LogP contribution is -1.97. The fraction of sp³-hybridized carbons (Fsp3) is 0. The van der Waals surface area contributed by atoms with E-state index in [1.807, 2.05) is 0 Å². The molecule has 0 aliphatic heterocycles. The highest BCUT2D eigenvalue weighted by Gasteiger charge is 2.17. The lowest BCUT2D eigenvalue weighted by atomic mass is 9.96. The molecule has 8 aromatic carbocycles. The monoisotopic (exact) mass is 612 g/mol. The lowest BCUT2D eigenvalue weighted by Gasteiger charge is -2.16. The van der Waals surface area contributed by atoms with E-state index in [9.17, 15) is 0 Å². The third kappa shape index (κ3) is 4.83. The highest BCUT2D eigenvalue weighted by atomic mass is 15.0. The van der Waals surface area contributed by atoms with Crippen LogP contribution in [0.4, 0.5) is 11.4 Å². The Kier molecular flexibility index (Phi) is 6.84. The van der Waals surface area contributed by atoms with E-state index >= 15 is 0 Å². The molecule has 0 saturated heterocycles. The Morgan fingerprint density at radius 3 is 1.77 bits per heavy atom. The number of rotatable bonds is 6. The van der Waals surface area contributed by atoms with Gasteiger partial charge in [-0.3, -0.25) is 0 Å². The zero-order valence-corrected chi connectivity index (χ0v) is 26.3. The SMILES string of the molecule is c1ccc(-c2cc(-c3ccc4c(c3)c3ccccc3n4-c3ccccc3-c3ccccc3)ccc2Nc2cccc3ccccc23)cc1. The van der Waals surface area contributed by atoms with Gasteiger partial charge in [-0.05, 0) is 70.1 Å². The average Bonchev–Trinajstić information content (AvgIpc) is 3.49. The Balaban J connectivity index is 1.20. The molecule has 0 fully saturated rings.